The Hall–Kier alpha value is -3.61. The minimum absolute atomic E-state index is 0.704. The maximum absolute atomic E-state index is 5.30. The molecule has 0 bridgehead atoms. The Kier molecular flexibility index (Phi) is 4.93. The van der Waals surface area contributed by atoms with Gasteiger partial charge in [0.05, 0.1) is 19.5 Å². The van der Waals surface area contributed by atoms with Crippen molar-refractivity contribution in [2.75, 3.05) is 30.4 Å². The summed E-state index contributed by atoms with van der Waals surface area (Å²) >= 11 is 0. The van der Waals surface area contributed by atoms with Crippen LogP contribution in [0.25, 0.3) is 16.8 Å². The molecule has 0 atom stereocenters. The van der Waals surface area contributed by atoms with Gasteiger partial charge >= 0.3 is 0 Å². The fourth-order valence-electron chi connectivity index (χ4n) is 3.88. The lowest BCUT2D eigenvalue weighted by atomic mass is 10.1. The molecule has 1 N–H and O–H groups in total. The number of ether oxygens (including phenoxy) is 1. The van der Waals surface area contributed by atoms with Crippen molar-refractivity contribution in [3.63, 3.8) is 0 Å². The van der Waals surface area contributed by atoms with Crippen LogP contribution in [-0.4, -0.2) is 39.8 Å². The third-order valence-electron chi connectivity index (χ3n) is 5.49. The van der Waals surface area contributed by atoms with Crippen LogP contribution in [0.1, 0.15) is 19.3 Å². The summed E-state index contributed by atoms with van der Waals surface area (Å²) < 4.78 is 7.06. The molecule has 1 aliphatic rings. The molecule has 7 nitrogen and oxygen atoms in total. The number of hydrogen-bond donors (Lipinski definition) is 1. The molecule has 1 fully saturated rings. The quantitative estimate of drug-likeness (QED) is 0.531. The zero-order valence-electron chi connectivity index (χ0n) is 17.0. The Labute approximate surface area is 175 Å². The Morgan fingerprint density at radius 1 is 0.967 bits per heavy atom. The summed E-state index contributed by atoms with van der Waals surface area (Å²) in [6.45, 7) is 2.29. The van der Waals surface area contributed by atoms with Crippen LogP contribution < -0.4 is 15.0 Å². The standard InChI is InChI=1S/C23H24N6O/c1-30-20-13-17(14-24-15-20)21-16-25-29-12-9-22(27-23(21)29)26-18-5-7-19(8-6-18)28-10-3-2-4-11-28/h5-9,12-16H,2-4,10-11H2,1H3,(H,26,27). The summed E-state index contributed by atoms with van der Waals surface area (Å²) in [5.74, 6) is 1.47. The maximum atomic E-state index is 5.30. The van der Waals surface area contributed by atoms with Crippen molar-refractivity contribution in [1.82, 2.24) is 19.6 Å². The highest BCUT2D eigenvalue weighted by Crippen LogP contribution is 2.27. The molecule has 7 heteroatoms. The molecule has 0 unspecified atom stereocenters. The van der Waals surface area contributed by atoms with Gasteiger partial charge in [0.1, 0.15) is 11.6 Å². The van der Waals surface area contributed by atoms with E-state index in [0.29, 0.717) is 5.75 Å². The van der Waals surface area contributed by atoms with Crippen LogP contribution in [0.5, 0.6) is 5.75 Å². The number of methoxy groups -OCH3 is 1. The van der Waals surface area contributed by atoms with E-state index in [0.717, 1.165) is 41.4 Å². The van der Waals surface area contributed by atoms with Gasteiger partial charge in [-0.25, -0.2) is 9.50 Å². The number of anilines is 3. The predicted octanol–water partition coefficient (Wildman–Crippen LogP) is 4.53. The molecule has 0 spiro atoms. The zero-order chi connectivity index (χ0) is 20.3. The number of fused-ring (bicyclic) bond motifs is 1. The molecule has 0 amide bonds. The predicted molar refractivity (Wildman–Crippen MR) is 119 cm³/mol. The molecular formula is C23H24N6O. The van der Waals surface area contributed by atoms with E-state index in [9.17, 15) is 0 Å². The van der Waals surface area contributed by atoms with Crippen LogP contribution in [0, 0.1) is 0 Å². The van der Waals surface area contributed by atoms with Crippen LogP contribution in [0.15, 0.2) is 61.2 Å². The first-order valence-electron chi connectivity index (χ1n) is 10.3. The fourth-order valence-corrected chi connectivity index (χ4v) is 3.88. The van der Waals surface area contributed by atoms with E-state index in [1.807, 2.05) is 18.3 Å². The van der Waals surface area contributed by atoms with E-state index in [-0.39, 0.29) is 0 Å². The second-order valence-corrected chi connectivity index (χ2v) is 7.47. The summed E-state index contributed by atoms with van der Waals surface area (Å²) in [5, 5.41) is 7.82. The first-order valence-corrected chi connectivity index (χ1v) is 10.3. The van der Waals surface area contributed by atoms with Crippen molar-refractivity contribution in [2.24, 2.45) is 0 Å². The summed E-state index contributed by atoms with van der Waals surface area (Å²) in [4.78, 5) is 11.5. The minimum Gasteiger partial charge on any atom is -0.495 e. The van der Waals surface area contributed by atoms with Crippen molar-refractivity contribution in [2.45, 2.75) is 19.3 Å². The van der Waals surface area contributed by atoms with Crippen molar-refractivity contribution in [3.8, 4) is 16.9 Å². The normalized spacial score (nSPS) is 14.1. The molecule has 3 aromatic heterocycles. The lowest BCUT2D eigenvalue weighted by Crippen LogP contribution is -2.29. The van der Waals surface area contributed by atoms with Crippen molar-refractivity contribution >= 4 is 22.8 Å². The van der Waals surface area contributed by atoms with Crippen LogP contribution in [0.3, 0.4) is 0 Å². The van der Waals surface area contributed by atoms with Gasteiger partial charge in [0.15, 0.2) is 5.65 Å². The summed E-state index contributed by atoms with van der Waals surface area (Å²) in [6.07, 6.45) is 11.1. The molecule has 152 valence electrons. The highest BCUT2D eigenvalue weighted by molar-refractivity contribution is 5.78. The monoisotopic (exact) mass is 400 g/mol. The average molecular weight is 400 g/mol. The molecule has 0 saturated carbocycles. The number of nitrogens with one attached hydrogen (secondary N) is 1. The fraction of sp³-hybridized carbons (Fsp3) is 0.261. The Balaban J connectivity index is 1.39. The van der Waals surface area contributed by atoms with E-state index in [4.69, 9.17) is 9.72 Å². The van der Waals surface area contributed by atoms with E-state index >= 15 is 0 Å². The van der Waals surface area contributed by atoms with Crippen molar-refractivity contribution < 1.29 is 4.74 Å². The topological polar surface area (TPSA) is 67.6 Å². The van der Waals surface area contributed by atoms with Crippen LogP contribution >= 0.6 is 0 Å². The number of piperidine rings is 1. The van der Waals surface area contributed by atoms with Gasteiger partial charge in [-0.3, -0.25) is 4.98 Å². The number of aromatic nitrogens is 4. The van der Waals surface area contributed by atoms with Gasteiger partial charge in [-0.1, -0.05) is 0 Å². The van der Waals surface area contributed by atoms with Gasteiger partial charge < -0.3 is 15.0 Å². The SMILES string of the molecule is COc1cncc(-c2cnn3ccc(Nc4ccc(N5CCCCC5)cc4)nc23)c1. The molecule has 30 heavy (non-hydrogen) atoms. The molecule has 4 aromatic rings. The molecular weight excluding hydrogens is 376 g/mol. The van der Waals surface area contributed by atoms with Gasteiger partial charge in [0, 0.05) is 48.0 Å². The van der Waals surface area contributed by atoms with E-state index in [2.05, 4.69) is 44.6 Å². The van der Waals surface area contributed by atoms with Crippen molar-refractivity contribution in [3.05, 3.63) is 61.2 Å². The summed E-state index contributed by atoms with van der Waals surface area (Å²) in [5.41, 5.74) is 4.88. The highest BCUT2D eigenvalue weighted by Gasteiger charge is 2.12. The Bertz CT molecular complexity index is 1150. The number of pyridine rings is 1. The smallest absolute Gasteiger partial charge is 0.165 e. The van der Waals surface area contributed by atoms with Crippen LogP contribution in [0.2, 0.25) is 0 Å². The van der Waals surface area contributed by atoms with Crippen LogP contribution in [0.4, 0.5) is 17.2 Å². The van der Waals surface area contributed by atoms with Crippen LogP contribution in [-0.2, 0) is 0 Å². The zero-order valence-corrected chi connectivity index (χ0v) is 17.0. The van der Waals surface area contributed by atoms with E-state index in [1.54, 1.807) is 30.2 Å². The van der Waals surface area contributed by atoms with E-state index in [1.165, 1.54) is 24.9 Å². The summed E-state index contributed by atoms with van der Waals surface area (Å²) in [7, 11) is 1.63. The lowest BCUT2D eigenvalue weighted by Gasteiger charge is -2.28. The van der Waals surface area contributed by atoms with Crippen molar-refractivity contribution in [1.29, 1.82) is 0 Å². The van der Waals surface area contributed by atoms with Gasteiger partial charge in [-0.2, -0.15) is 5.10 Å². The second kappa shape index (κ2) is 8.02. The molecule has 5 rings (SSSR count). The van der Waals surface area contributed by atoms with Gasteiger partial charge in [-0.05, 0) is 55.7 Å². The first kappa shape index (κ1) is 18.4. The lowest BCUT2D eigenvalue weighted by molar-refractivity contribution is 0.413. The second-order valence-electron chi connectivity index (χ2n) is 7.47. The van der Waals surface area contributed by atoms with Gasteiger partial charge in [0.2, 0.25) is 0 Å². The number of hydrogen-bond acceptors (Lipinski definition) is 6. The molecule has 0 aliphatic carbocycles. The maximum Gasteiger partial charge on any atom is 0.165 e. The summed E-state index contributed by atoms with van der Waals surface area (Å²) in [6, 6.07) is 12.4. The average Bonchev–Trinajstić information content (AvgIpc) is 3.23. The third-order valence-corrected chi connectivity index (χ3v) is 5.49. The first-order chi connectivity index (χ1) is 14.8. The highest BCUT2D eigenvalue weighted by atomic mass is 16.5. The van der Waals surface area contributed by atoms with Gasteiger partial charge in [-0.15, -0.1) is 0 Å². The minimum atomic E-state index is 0.704. The third kappa shape index (κ3) is 3.66. The Morgan fingerprint density at radius 3 is 2.60 bits per heavy atom. The molecule has 1 aromatic carbocycles. The van der Waals surface area contributed by atoms with E-state index < -0.39 is 0 Å². The van der Waals surface area contributed by atoms with Gasteiger partial charge in [0.25, 0.3) is 0 Å². The number of benzene rings is 1. The number of rotatable bonds is 5. The Morgan fingerprint density at radius 2 is 1.80 bits per heavy atom. The largest absolute Gasteiger partial charge is 0.495 e. The molecule has 1 aliphatic heterocycles. The number of nitrogens with zero attached hydrogens (tertiary/aromatic N) is 5. The molecule has 1 saturated heterocycles. The molecule has 4 heterocycles. The molecule has 0 radical (unpaired) electrons.